The van der Waals surface area contributed by atoms with Crippen molar-refractivity contribution >= 4 is 44.0 Å². The van der Waals surface area contributed by atoms with Gasteiger partial charge in [0, 0.05) is 0 Å². The van der Waals surface area contributed by atoms with Gasteiger partial charge in [0.1, 0.15) is 7.60 Å². The Hall–Kier alpha value is -1.06. The van der Waals surface area contributed by atoms with Crippen LogP contribution in [0.3, 0.4) is 0 Å². The number of nitrogens with two attached hydrogens (primary N) is 1. The van der Waals surface area contributed by atoms with Crippen LogP contribution >= 0.6 is 15.2 Å². The second kappa shape index (κ2) is 20.2. The second-order valence-corrected chi connectivity index (χ2v) is 10.8. The molecule has 0 radical (unpaired) electrons. The molecule has 18 heteroatoms. The van der Waals surface area contributed by atoms with E-state index in [2.05, 4.69) is 29.8 Å². The third-order valence-corrected chi connectivity index (χ3v) is 2.62. The highest BCUT2D eigenvalue weighted by Crippen LogP contribution is 2.31. The maximum atomic E-state index is 10.1. The summed E-state index contributed by atoms with van der Waals surface area (Å²) >= 11 is 0. The molecule has 0 amide bonds. The molecule has 0 saturated carbocycles. The van der Waals surface area contributed by atoms with Crippen molar-refractivity contribution in [2.45, 2.75) is 0 Å². The molecule has 176 valence electrons. The topological polar surface area (TPSA) is 280 Å². The molecule has 0 aromatic carbocycles. The average molecular weight is 489 g/mol. The fourth-order valence-electron chi connectivity index (χ4n) is 0.613. The van der Waals surface area contributed by atoms with Crippen LogP contribution in [-0.4, -0.2) is 98.9 Å². The van der Waals surface area contributed by atoms with E-state index in [-0.39, 0.29) is 6.54 Å². The van der Waals surface area contributed by atoms with Gasteiger partial charge in [-0.3, -0.25) is 29.6 Å². The van der Waals surface area contributed by atoms with Gasteiger partial charge < -0.3 is 45.2 Å². The van der Waals surface area contributed by atoms with E-state index in [0.717, 1.165) is 0 Å². The first-order valence-electron chi connectivity index (χ1n) is 7.17. The molecular weight excluding hydrogens is 460 g/mol. The maximum absolute atomic E-state index is 10.1. The van der Waals surface area contributed by atoms with Crippen LogP contribution in [-0.2, 0) is 34.4 Å². The highest BCUT2D eigenvalue weighted by Gasteiger charge is 2.11. The summed E-state index contributed by atoms with van der Waals surface area (Å²) in [5, 5.41) is 27.6. The van der Waals surface area contributed by atoms with Gasteiger partial charge in [-0.2, -0.15) is 0 Å². The number of rotatable bonds is 9. The number of hydrogen-bond acceptors (Lipinski definition) is 9. The van der Waals surface area contributed by atoms with Crippen LogP contribution in [0.25, 0.3) is 0 Å². The van der Waals surface area contributed by atoms with E-state index in [0.29, 0.717) is 10.9 Å². The average Bonchev–Trinajstić information content (AvgIpc) is 2.44. The summed E-state index contributed by atoms with van der Waals surface area (Å²) in [6, 6.07) is 0. The first-order valence-corrected chi connectivity index (χ1v) is 13.2. The molecule has 15 nitrogen and oxygen atoms in total. The van der Waals surface area contributed by atoms with Gasteiger partial charge in [-0.15, -0.1) is 0 Å². The lowest BCUT2D eigenvalue weighted by molar-refractivity contribution is -0.193. The number of nitrogens with one attached hydrogen (secondary N) is 2. The fourth-order valence-corrected chi connectivity index (χ4v) is 1.41. The third kappa shape index (κ3) is 75.1. The van der Waals surface area contributed by atoms with E-state index in [1.807, 2.05) is 5.32 Å². The van der Waals surface area contributed by atoms with E-state index < -0.39 is 58.8 Å². The van der Waals surface area contributed by atoms with Crippen molar-refractivity contribution in [1.29, 1.82) is 0 Å². The van der Waals surface area contributed by atoms with E-state index in [9.17, 15) is 28.4 Å². The minimum absolute atomic E-state index is 0.278. The van der Waals surface area contributed by atoms with Crippen molar-refractivity contribution in [3.8, 4) is 0 Å². The minimum Gasteiger partial charge on any atom is -0.778 e. The highest BCUT2D eigenvalue weighted by atomic mass is 32.2. The van der Waals surface area contributed by atoms with Gasteiger partial charge in [0.15, 0.2) is 0 Å². The van der Waals surface area contributed by atoms with Crippen LogP contribution in [0.15, 0.2) is 0 Å². The zero-order valence-electron chi connectivity index (χ0n) is 16.0. The van der Waals surface area contributed by atoms with Crippen molar-refractivity contribution in [2.24, 2.45) is 5.73 Å². The molecule has 0 spiro atoms. The number of aliphatic carboxylic acids is 3. The van der Waals surface area contributed by atoms with Crippen LogP contribution < -0.4 is 21.3 Å². The van der Waals surface area contributed by atoms with Gasteiger partial charge in [-0.1, -0.05) is 0 Å². The van der Waals surface area contributed by atoms with Crippen molar-refractivity contribution in [2.75, 3.05) is 51.0 Å². The SMILES string of the molecule is C[S+](C)C.NCC(=O)O.O=C(O)CNCP(=O)(O)O.O=C(O)CNCP(=O)([O-])O. The van der Waals surface area contributed by atoms with Crippen LogP contribution in [0.1, 0.15) is 0 Å². The zero-order valence-corrected chi connectivity index (χ0v) is 18.7. The van der Waals surface area contributed by atoms with Gasteiger partial charge >= 0.3 is 25.5 Å². The molecule has 0 saturated heterocycles. The summed E-state index contributed by atoms with van der Waals surface area (Å²) in [6.45, 7) is -1.20. The normalized spacial score (nSPS) is 12.0. The first-order chi connectivity index (χ1) is 12.8. The van der Waals surface area contributed by atoms with E-state index in [1.165, 1.54) is 0 Å². The Labute approximate surface area is 170 Å². The number of carboxylic acid groups (broad SMARTS) is 3. The fraction of sp³-hybridized carbons (Fsp3) is 0.727. The summed E-state index contributed by atoms with van der Waals surface area (Å²) in [5.41, 5.74) is 4.57. The van der Waals surface area contributed by atoms with E-state index in [4.69, 9.17) is 30.0 Å². The lowest BCUT2D eigenvalue weighted by Gasteiger charge is -2.14. The molecule has 1 atom stereocenters. The summed E-state index contributed by atoms with van der Waals surface area (Å²) in [6.07, 6.45) is 5.28. The molecule has 0 aromatic heterocycles. The van der Waals surface area contributed by atoms with Gasteiger partial charge in [0.25, 0.3) is 0 Å². The Bertz CT molecular complexity index is 510. The monoisotopic (exact) mass is 489 g/mol. The van der Waals surface area contributed by atoms with Crippen molar-refractivity contribution in [3.63, 3.8) is 0 Å². The molecule has 0 fully saturated rings. The Morgan fingerprint density at radius 1 is 0.862 bits per heavy atom. The molecule has 0 aliphatic rings. The lowest BCUT2D eigenvalue weighted by Crippen LogP contribution is -2.25. The predicted octanol–water partition coefficient (Wildman–Crippen LogP) is -3.52. The molecular formula is C11H29N3O12P2S. The molecule has 29 heavy (non-hydrogen) atoms. The van der Waals surface area contributed by atoms with Crippen molar-refractivity contribution in [3.05, 3.63) is 0 Å². The molecule has 10 N–H and O–H groups in total. The second-order valence-electron chi connectivity index (χ2n) is 5.08. The highest BCUT2D eigenvalue weighted by molar-refractivity contribution is 7.94. The van der Waals surface area contributed by atoms with E-state index >= 15 is 0 Å². The Balaban J connectivity index is -0.000000154. The molecule has 0 aliphatic carbocycles. The van der Waals surface area contributed by atoms with Crippen LogP contribution in [0, 0.1) is 0 Å². The Morgan fingerprint density at radius 2 is 1.14 bits per heavy atom. The lowest BCUT2D eigenvalue weighted by atomic mass is 10.7. The molecule has 1 unspecified atom stereocenters. The molecule has 0 bridgehead atoms. The summed E-state index contributed by atoms with van der Waals surface area (Å²) < 4.78 is 20.0. The van der Waals surface area contributed by atoms with Crippen LogP contribution in [0.2, 0.25) is 0 Å². The number of carboxylic acids is 3. The summed E-state index contributed by atoms with van der Waals surface area (Å²) in [7, 11) is -7.80. The quantitative estimate of drug-likeness (QED) is 0.112. The maximum Gasteiger partial charge on any atom is 0.339 e. The third-order valence-electron chi connectivity index (χ3n) is 1.36. The molecule has 0 aromatic rings. The van der Waals surface area contributed by atoms with Crippen LogP contribution in [0.4, 0.5) is 0 Å². The smallest absolute Gasteiger partial charge is 0.339 e. The Morgan fingerprint density at radius 3 is 1.31 bits per heavy atom. The largest absolute Gasteiger partial charge is 0.778 e. The van der Waals surface area contributed by atoms with Gasteiger partial charge in [-0.25, -0.2) is 0 Å². The Kier molecular flexibility index (Phi) is 24.7. The van der Waals surface area contributed by atoms with E-state index in [1.54, 1.807) is 0 Å². The standard InChI is InChI=1S/2C3H8NO5P.C3H9S.C2H5NO2/c2*5-3(6)1-4-2-10(7,8)9;1-4(2)3;3-1-2(4)5/h2*4H,1-2H2,(H,5,6)(H2,7,8,9);1-3H3;1,3H2,(H,4,5)/q;;+1;/p-1. The molecule has 0 aliphatic heterocycles. The number of carbonyl (C=O) groups is 3. The summed E-state index contributed by atoms with van der Waals surface area (Å²) in [4.78, 5) is 63.2. The zero-order chi connectivity index (χ0) is 24.3. The van der Waals surface area contributed by atoms with Crippen molar-refractivity contribution in [1.82, 2.24) is 10.6 Å². The van der Waals surface area contributed by atoms with Gasteiger partial charge in [0.2, 0.25) is 0 Å². The van der Waals surface area contributed by atoms with Gasteiger partial charge in [-0.05, 0) is 10.9 Å². The minimum atomic E-state index is -4.35. The molecule has 0 heterocycles. The summed E-state index contributed by atoms with van der Waals surface area (Å²) in [5.74, 6) is -3.29. The number of hydrogen-bond donors (Lipinski definition) is 9. The molecule has 0 rings (SSSR count). The van der Waals surface area contributed by atoms with Crippen molar-refractivity contribution < 1.29 is 58.4 Å². The van der Waals surface area contributed by atoms with Crippen LogP contribution in [0.5, 0.6) is 0 Å². The van der Waals surface area contributed by atoms with Gasteiger partial charge in [0.05, 0.1) is 51.0 Å². The first kappa shape index (κ1) is 35.4. The predicted molar refractivity (Wildman–Crippen MR) is 105 cm³/mol.